The van der Waals surface area contributed by atoms with Crippen molar-refractivity contribution in [1.82, 2.24) is 15.5 Å². The summed E-state index contributed by atoms with van der Waals surface area (Å²) in [7, 11) is 0. The lowest BCUT2D eigenvalue weighted by Gasteiger charge is -2.18. The van der Waals surface area contributed by atoms with Gasteiger partial charge < -0.3 is 15.7 Å². The molecule has 1 aromatic rings. The largest absolute Gasteiger partial charge is 0.392 e. The van der Waals surface area contributed by atoms with E-state index in [1.807, 2.05) is 12.1 Å². The number of benzene rings is 1. The maximum Gasteiger partial charge on any atom is 0.237 e. The van der Waals surface area contributed by atoms with Gasteiger partial charge in [0.2, 0.25) is 5.91 Å². The summed E-state index contributed by atoms with van der Waals surface area (Å²) in [5, 5.41) is 15.4. The molecule has 1 heterocycles. The third kappa shape index (κ3) is 4.80. The molecular weight excluding hydrogens is 278 g/mol. The number of nitrogens with zero attached hydrogens (tertiary/aromatic N) is 1. The van der Waals surface area contributed by atoms with E-state index in [9.17, 15) is 9.90 Å². The number of carbonyl (C=O) groups excluding carboxylic acids is 1. The second-order valence-corrected chi connectivity index (χ2v) is 5.85. The van der Waals surface area contributed by atoms with Gasteiger partial charge in [0.1, 0.15) is 0 Å². The number of aliphatic hydroxyl groups excluding tert-OH is 1. The highest BCUT2D eigenvalue weighted by Crippen LogP contribution is 2.10. The van der Waals surface area contributed by atoms with E-state index in [0.29, 0.717) is 19.5 Å². The third-order valence-electron chi connectivity index (χ3n) is 4.18. The van der Waals surface area contributed by atoms with Crippen molar-refractivity contribution in [3.63, 3.8) is 0 Å². The average Bonchev–Trinajstić information content (AvgIpc) is 2.97. The van der Waals surface area contributed by atoms with E-state index in [-0.39, 0.29) is 11.9 Å². The molecule has 1 saturated heterocycles. The Morgan fingerprint density at radius 3 is 2.73 bits per heavy atom. The fourth-order valence-electron chi connectivity index (χ4n) is 2.77. The van der Waals surface area contributed by atoms with Gasteiger partial charge in [-0.15, -0.1) is 0 Å². The SMILES string of the molecule is CCN(CC)Cc1cccc(CNC(=O)C2CC(O)CN2)c1. The number of hydrogen-bond donors (Lipinski definition) is 3. The van der Waals surface area contributed by atoms with Crippen molar-refractivity contribution in [1.29, 1.82) is 0 Å². The molecule has 0 spiro atoms. The van der Waals surface area contributed by atoms with Crippen LogP contribution in [-0.4, -0.2) is 47.7 Å². The highest BCUT2D eigenvalue weighted by atomic mass is 16.3. The standard InChI is InChI=1S/C17H27N3O2/c1-3-20(4-2)12-14-7-5-6-13(8-14)10-19-17(22)16-9-15(21)11-18-16/h5-8,15-16,18,21H,3-4,9-12H2,1-2H3,(H,19,22). The minimum absolute atomic E-state index is 0.0364. The van der Waals surface area contributed by atoms with E-state index in [4.69, 9.17) is 0 Å². The van der Waals surface area contributed by atoms with E-state index in [1.54, 1.807) is 0 Å². The number of aliphatic hydroxyl groups is 1. The minimum atomic E-state index is -0.409. The van der Waals surface area contributed by atoms with Crippen LogP contribution in [0.5, 0.6) is 0 Å². The van der Waals surface area contributed by atoms with Gasteiger partial charge in [-0.3, -0.25) is 9.69 Å². The fourth-order valence-corrected chi connectivity index (χ4v) is 2.77. The number of rotatable bonds is 7. The molecule has 122 valence electrons. The van der Waals surface area contributed by atoms with Crippen molar-refractivity contribution in [3.8, 4) is 0 Å². The van der Waals surface area contributed by atoms with Gasteiger partial charge in [0, 0.05) is 19.6 Å². The first-order valence-corrected chi connectivity index (χ1v) is 8.11. The molecule has 22 heavy (non-hydrogen) atoms. The molecule has 0 bridgehead atoms. The summed E-state index contributed by atoms with van der Waals surface area (Å²) in [6.07, 6.45) is 0.0848. The maximum absolute atomic E-state index is 12.0. The molecule has 1 aromatic carbocycles. The summed E-state index contributed by atoms with van der Waals surface area (Å²) in [6.45, 7) is 8.36. The zero-order valence-corrected chi connectivity index (χ0v) is 13.5. The van der Waals surface area contributed by atoms with Gasteiger partial charge in [0.05, 0.1) is 12.1 Å². The fraction of sp³-hybridized carbons (Fsp3) is 0.588. The van der Waals surface area contributed by atoms with Crippen molar-refractivity contribution in [2.75, 3.05) is 19.6 Å². The van der Waals surface area contributed by atoms with E-state index >= 15 is 0 Å². The third-order valence-corrected chi connectivity index (χ3v) is 4.18. The summed E-state index contributed by atoms with van der Waals surface area (Å²) in [5.74, 6) is -0.0364. The molecule has 5 nitrogen and oxygen atoms in total. The normalized spacial score (nSPS) is 21.3. The second kappa shape index (κ2) is 8.27. The monoisotopic (exact) mass is 305 g/mol. The van der Waals surface area contributed by atoms with E-state index in [2.05, 4.69) is 41.5 Å². The van der Waals surface area contributed by atoms with E-state index in [1.165, 1.54) is 5.56 Å². The van der Waals surface area contributed by atoms with Crippen LogP contribution in [0.4, 0.5) is 0 Å². The van der Waals surface area contributed by atoms with Crippen molar-refractivity contribution < 1.29 is 9.90 Å². The van der Waals surface area contributed by atoms with Crippen LogP contribution in [0, 0.1) is 0 Å². The predicted octanol–water partition coefficient (Wildman–Crippen LogP) is 0.867. The Labute approximate surface area is 132 Å². The number of β-amino-alcohol motifs (C(OH)–C–C–N with tert-alkyl or cyclic N) is 1. The summed E-state index contributed by atoms with van der Waals surface area (Å²) in [4.78, 5) is 14.4. The molecule has 0 aliphatic carbocycles. The Kier molecular flexibility index (Phi) is 6.36. The summed E-state index contributed by atoms with van der Waals surface area (Å²) in [5.41, 5.74) is 2.38. The highest BCUT2D eigenvalue weighted by Gasteiger charge is 2.27. The predicted molar refractivity (Wildman–Crippen MR) is 87.3 cm³/mol. The van der Waals surface area contributed by atoms with Crippen molar-refractivity contribution in [2.24, 2.45) is 0 Å². The molecule has 1 amide bonds. The quantitative estimate of drug-likeness (QED) is 0.699. The summed E-state index contributed by atoms with van der Waals surface area (Å²) in [6, 6.07) is 8.07. The minimum Gasteiger partial charge on any atom is -0.392 e. The Hall–Kier alpha value is -1.43. The van der Waals surface area contributed by atoms with Crippen LogP contribution in [0.1, 0.15) is 31.4 Å². The molecule has 1 aliphatic heterocycles. The van der Waals surface area contributed by atoms with Gasteiger partial charge in [-0.1, -0.05) is 38.1 Å². The maximum atomic E-state index is 12.0. The van der Waals surface area contributed by atoms with Crippen LogP contribution >= 0.6 is 0 Å². The van der Waals surface area contributed by atoms with Gasteiger partial charge in [0.15, 0.2) is 0 Å². The smallest absolute Gasteiger partial charge is 0.237 e. The Morgan fingerprint density at radius 1 is 1.36 bits per heavy atom. The topological polar surface area (TPSA) is 64.6 Å². The zero-order valence-electron chi connectivity index (χ0n) is 13.5. The Balaban J connectivity index is 1.86. The van der Waals surface area contributed by atoms with Gasteiger partial charge in [-0.05, 0) is 30.6 Å². The molecule has 2 unspecified atom stereocenters. The average molecular weight is 305 g/mol. The number of nitrogens with one attached hydrogen (secondary N) is 2. The van der Waals surface area contributed by atoms with Crippen LogP contribution < -0.4 is 10.6 Å². The van der Waals surface area contributed by atoms with Crippen LogP contribution in [0.15, 0.2) is 24.3 Å². The van der Waals surface area contributed by atoms with Gasteiger partial charge in [0.25, 0.3) is 0 Å². The lowest BCUT2D eigenvalue weighted by Crippen LogP contribution is -2.40. The second-order valence-electron chi connectivity index (χ2n) is 5.85. The van der Waals surface area contributed by atoms with Crippen molar-refractivity contribution >= 4 is 5.91 Å². The van der Waals surface area contributed by atoms with Gasteiger partial charge in [-0.2, -0.15) is 0 Å². The summed E-state index contributed by atoms with van der Waals surface area (Å²) < 4.78 is 0. The van der Waals surface area contributed by atoms with Crippen LogP contribution in [0.2, 0.25) is 0 Å². The van der Waals surface area contributed by atoms with Crippen LogP contribution in [0.3, 0.4) is 0 Å². The number of amides is 1. The van der Waals surface area contributed by atoms with Gasteiger partial charge >= 0.3 is 0 Å². The molecule has 5 heteroatoms. The lowest BCUT2D eigenvalue weighted by molar-refractivity contribution is -0.123. The molecule has 2 atom stereocenters. The first-order chi connectivity index (χ1) is 10.6. The van der Waals surface area contributed by atoms with Crippen molar-refractivity contribution in [3.05, 3.63) is 35.4 Å². The molecule has 1 fully saturated rings. The molecule has 0 aromatic heterocycles. The molecule has 2 rings (SSSR count). The van der Waals surface area contributed by atoms with E-state index in [0.717, 1.165) is 25.2 Å². The van der Waals surface area contributed by atoms with Crippen molar-refractivity contribution in [2.45, 2.75) is 45.5 Å². The number of hydrogen-bond acceptors (Lipinski definition) is 4. The Bertz CT molecular complexity index is 489. The zero-order chi connectivity index (χ0) is 15.9. The van der Waals surface area contributed by atoms with Gasteiger partial charge in [-0.25, -0.2) is 0 Å². The van der Waals surface area contributed by atoms with E-state index < -0.39 is 6.10 Å². The Morgan fingerprint density at radius 2 is 2.09 bits per heavy atom. The molecule has 3 N–H and O–H groups in total. The molecular formula is C17H27N3O2. The molecule has 0 saturated carbocycles. The number of carbonyl (C=O) groups is 1. The lowest BCUT2D eigenvalue weighted by atomic mass is 10.1. The van der Waals surface area contributed by atoms with Crippen LogP contribution in [0.25, 0.3) is 0 Å². The first kappa shape index (κ1) is 16.9. The summed E-state index contributed by atoms with van der Waals surface area (Å²) >= 11 is 0. The molecule has 1 aliphatic rings. The first-order valence-electron chi connectivity index (χ1n) is 8.11. The van der Waals surface area contributed by atoms with Crippen LogP contribution in [-0.2, 0) is 17.9 Å². The molecule has 0 radical (unpaired) electrons. The highest BCUT2D eigenvalue weighted by molar-refractivity contribution is 5.82.